The first kappa shape index (κ1) is 21.4. The molecule has 3 heteroatoms. The van der Waals surface area contributed by atoms with Gasteiger partial charge in [0.2, 0.25) is 0 Å². The molecule has 3 rings (SSSR count). The summed E-state index contributed by atoms with van der Waals surface area (Å²) in [5.74, 6) is 0.0308. The van der Waals surface area contributed by atoms with Gasteiger partial charge in [-0.2, -0.15) is 0 Å². The van der Waals surface area contributed by atoms with Crippen molar-refractivity contribution in [2.45, 2.75) is 62.1 Å². The predicted octanol–water partition coefficient (Wildman–Crippen LogP) is 7.58. The van der Waals surface area contributed by atoms with Crippen LogP contribution in [0.2, 0.25) is 0 Å². The van der Waals surface area contributed by atoms with Crippen LogP contribution in [0.1, 0.15) is 56.0 Å². The Bertz CT molecular complexity index is 927. The summed E-state index contributed by atoms with van der Waals surface area (Å²) in [5.41, 5.74) is 10.9. The second-order valence-electron chi connectivity index (χ2n) is 7.99. The monoisotopic (exact) mass is 424 g/mol. The number of hydrogen-bond acceptors (Lipinski definition) is 3. The molecule has 0 nitrogen and oxygen atoms in total. The molecule has 3 aromatic rings. The number of aryl methyl sites for hydroxylation is 6. The molecule has 0 aliphatic heterocycles. The summed E-state index contributed by atoms with van der Waals surface area (Å²) >= 11 is 14.8. The van der Waals surface area contributed by atoms with E-state index in [2.05, 4.69) is 77.9 Å². The third-order valence-electron chi connectivity index (χ3n) is 5.36. The van der Waals surface area contributed by atoms with Crippen LogP contribution in [0.3, 0.4) is 0 Å². The van der Waals surface area contributed by atoms with Crippen molar-refractivity contribution in [3.05, 3.63) is 86.5 Å². The van der Waals surface area contributed by atoms with Crippen LogP contribution >= 0.6 is 37.9 Å². The van der Waals surface area contributed by atoms with E-state index in [0.717, 1.165) is 14.7 Å². The lowest BCUT2D eigenvalue weighted by Crippen LogP contribution is -2.10. The average molecular weight is 425 g/mol. The molecule has 28 heavy (non-hydrogen) atoms. The third kappa shape index (κ3) is 4.03. The van der Waals surface area contributed by atoms with Crippen LogP contribution in [-0.4, -0.2) is 0 Å². The van der Waals surface area contributed by atoms with Crippen molar-refractivity contribution in [3.8, 4) is 0 Å². The van der Waals surface area contributed by atoms with Gasteiger partial charge in [0, 0.05) is 20.6 Å². The van der Waals surface area contributed by atoms with Gasteiger partial charge in [-0.05, 0) is 74.9 Å². The standard InChI is InChI=1S/C25H28S3/c1-13-7-16(4)23(26)19(10-13)22(20-11-14(2)8-17(5)24(20)27)21-12-15(3)9-18(6)25(21)28/h7-12,22,26-28H,1-6H3. The van der Waals surface area contributed by atoms with Crippen LogP contribution in [0.15, 0.2) is 51.1 Å². The molecule has 0 aromatic heterocycles. The SMILES string of the molecule is Cc1cc(C)c(S)c(C(c2cc(C)cc(C)c2S)c2cc(C)cc(C)c2S)c1. The topological polar surface area (TPSA) is 0 Å². The lowest BCUT2D eigenvalue weighted by Gasteiger charge is -2.26. The first-order valence-electron chi connectivity index (χ1n) is 9.50. The highest BCUT2D eigenvalue weighted by Gasteiger charge is 2.25. The van der Waals surface area contributed by atoms with Gasteiger partial charge in [0.05, 0.1) is 0 Å². The molecule has 3 aromatic carbocycles. The van der Waals surface area contributed by atoms with E-state index in [0.29, 0.717) is 0 Å². The summed E-state index contributed by atoms with van der Waals surface area (Å²) in [4.78, 5) is 3.11. The zero-order valence-electron chi connectivity index (χ0n) is 17.4. The molecule has 0 fully saturated rings. The molecule has 0 aliphatic carbocycles. The minimum Gasteiger partial charge on any atom is -0.143 e. The second kappa shape index (κ2) is 8.22. The number of benzene rings is 3. The Hall–Kier alpha value is -1.29. The highest BCUT2D eigenvalue weighted by Crippen LogP contribution is 2.43. The predicted molar refractivity (Wildman–Crippen MR) is 130 cm³/mol. The molecule has 0 unspecified atom stereocenters. The summed E-state index contributed by atoms with van der Waals surface area (Å²) in [7, 11) is 0. The highest BCUT2D eigenvalue weighted by atomic mass is 32.1. The van der Waals surface area contributed by atoms with E-state index in [1.165, 1.54) is 50.1 Å². The molecule has 0 amide bonds. The Morgan fingerprint density at radius 1 is 0.464 bits per heavy atom. The van der Waals surface area contributed by atoms with Crippen molar-refractivity contribution in [2.24, 2.45) is 0 Å². The molecule has 0 spiro atoms. The zero-order chi connectivity index (χ0) is 20.7. The smallest absolute Gasteiger partial charge is 0.0373 e. The van der Waals surface area contributed by atoms with Gasteiger partial charge in [-0.3, -0.25) is 0 Å². The Kier molecular flexibility index (Phi) is 6.29. The number of rotatable bonds is 3. The minimum absolute atomic E-state index is 0.0308. The Morgan fingerprint density at radius 3 is 0.964 bits per heavy atom. The van der Waals surface area contributed by atoms with Crippen LogP contribution in [0.5, 0.6) is 0 Å². The summed E-state index contributed by atoms with van der Waals surface area (Å²) in [6.07, 6.45) is 0. The van der Waals surface area contributed by atoms with Crippen molar-refractivity contribution in [2.75, 3.05) is 0 Å². The van der Waals surface area contributed by atoms with Gasteiger partial charge in [-0.1, -0.05) is 53.1 Å². The first-order valence-corrected chi connectivity index (χ1v) is 10.8. The molecule has 146 valence electrons. The zero-order valence-corrected chi connectivity index (χ0v) is 20.1. The lowest BCUT2D eigenvalue weighted by atomic mass is 9.81. The molecule has 0 saturated heterocycles. The van der Waals surface area contributed by atoms with Gasteiger partial charge in [-0.15, -0.1) is 37.9 Å². The summed E-state index contributed by atoms with van der Waals surface area (Å²) in [5, 5.41) is 0. The van der Waals surface area contributed by atoms with E-state index >= 15 is 0 Å². The summed E-state index contributed by atoms with van der Waals surface area (Å²) in [6, 6.07) is 13.3. The van der Waals surface area contributed by atoms with E-state index < -0.39 is 0 Å². The van der Waals surface area contributed by atoms with Gasteiger partial charge >= 0.3 is 0 Å². The minimum atomic E-state index is 0.0308. The third-order valence-corrected chi connectivity index (χ3v) is 7.19. The fourth-order valence-corrected chi connectivity index (χ4v) is 4.92. The Balaban J connectivity index is 2.44. The maximum absolute atomic E-state index is 4.92. The molecule has 0 heterocycles. The molecule has 0 saturated carbocycles. The lowest BCUT2D eigenvalue weighted by molar-refractivity contribution is 0.874. The second-order valence-corrected chi connectivity index (χ2v) is 9.33. The molecular weight excluding hydrogens is 396 g/mol. The quantitative estimate of drug-likeness (QED) is 0.280. The van der Waals surface area contributed by atoms with Gasteiger partial charge in [0.1, 0.15) is 0 Å². The van der Waals surface area contributed by atoms with Crippen molar-refractivity contribution >= 4 is 37.9 Å². The summed E-state index contributed by atoms with van der Waals surface area (Å²) in [6.45, 7) is 12.8. The molecule has 0 aliphatic rings. The largest absolute Gasteiger partial charge is 0.143 e. The Morgan fingerprint density at radius 2 is 0.714 bits per heavy atom. The van der Waals surface area contributed by atoms with E-state index in [9.17, 15) is 0 Å². The molecule has 0 radical (unpaired) electrons. The van der Waals surface area contributed by atoms with Crippen molar-refractivity contribution < 1.29 is 0 Å². The normalized spacial score (nSPS) is 11.4. The van der Waals surface area contributed by atoms with Crippen molar-refractivity contribution in [3.63, 3.8) is 0 Å². The van der Waals surface area contributed by atoms with Gasteiger partial charge in [-0.25, -0.2) is 0 Å². The number of thiol groups is 3. The van der Waals surface area contributed by atoms with Crippen LogP contribution in [0.4, 0.5) is 0 Å². The van der Waals surface area contributed by atoms with Crippen LogP contribution in [0, 0.1) is 41.5 Å². The average Bonchev–Trinajstić information content (AvgIpc) is 2.60. The summed E-state index contributed by atoms with van der Waals surface area (Å²) < 4.78 is 0. The van der Waals surface area contributed by atoms with E-state index in [-0.39, 0.29) is 5.92 Å². The maximum atomic E-state index is 4.92. The highest BCUT2D eigenvalue weighted by molar-refractivity contribution is 7.80. The van der Waals surface area contributed by atoms with Gasteiger partial charge < -0.3 is 0 Å². The fraction of sp³-hybridized carbons (Fsp3) is 0.280. The number of hydrogen-bond donors (Lipinski definition) is 3. The molecule has 0 atom stereocenters. The Labute approximate surface area is 186 Å². The van der Waals surface area contributed by atoms with Crippen LogP contribution in [-0.2, 0) is 0 Å². The van der Waals surface area contributed by atoms with Crippen molar-refractivity contribution in [1.82, 2.24) is 0 Å². The molecule has 0 bridgehead atoms. The molecule has 0 N–H and O–H groups in total. The van der Waals surface area contributed by atoms with Gasteiger partial charge in [0.15, 0.2) is 0 Å². The van der Waals surface area contributed by atoms with E-state index in [4.69, 9.17) is 37.9 Å². The van der Waals surface area contributed by atoms with E-state index in [1.807, 2.05) is 0 Å². The van der Waals surface area contributed by atoms with Gasteiger partial charge in [0.25, 0.3) is 0 Å². The van der Waals surface area contributed by atoms with Crippen LogP contribution < -0.4 is 0 Å². The van der Waals surface area contributed by atoms with Crippen LogP contribution in [0.25, 0.3) is 0 Å². The molecular formula is C25H28S3. The van der Waals surface area contributed by atoms with Crippen molar-refractivity contribution in [1.29, 1.82) is 0 Å². The fourth-order valence-electron chi connectivity index (χ4n) is 4.14. The first-order chi connectivity index (χ1) is 13.1. The maximum Gasteiger partial charge on any atom is 0.0373 e. The van der Waals surface area contributed by atoms with E-state index in [1.54, 1.807) is 0 Å².